The Morgan fingerprint density at radius 3 is 2.48 bits per heavy atom. The maximum Gasteiger partial charge on any atom is 0.191 e. The molecular weight excluding hydrogens is 499 g/mol. The van der Waals surface area contributed by atoms with Gasteiger partial charge in [-0.25, -0.2) is 0 Å². The number of halogens is 1. The molecule has 1 aromatic rings. The van der Waals surface area contributed by atoms with Crippen LogP contribution in [0.2, 0.25) is 0 Å². The zero-order valence-electron chi connectivity index (χ0n) is 19.6. The number of likely N-dealkylation sites (N-methyl/N-ethyl adjacent to an activating group) is 1. The Morgan fingerprint density at radius 1 is 0.968 bits per heavy atom. The molecule has 31 heavy (non-hydrogen) atoms. The second-order valence-corrected chi connectivity index (χ2v) is 8.67. The molecule has 0 spiro atoms. The van der Waals surface area contributed by atoms with Crippen LogP contribution in [0.4, 0.5) is 0 Å². The molecule has 6 nitrogen and oxygen atoms in total. The highest BCUT2D eigenvalue weighted by Gasteiger charge is 2.23. The maximum absolute atomic E-state index is 4.98. The summed E-state index contributed by atoms with van der Waals surface area (Å²) in [4.78, 5) is 12.6. The van der Waals surface area contributed by atoms with Gasteiger partial charge >= 0.3 is 0 Å². The van der Waals surface area contributed by atoms with Crippen LogP contribution in [0.15, 0.2) is 35.3 Å². The molecule has 0 bridgehead atoms. The van der Waals surface area contributed by atoms with Crippen molar-refractivity contribution in [3.63, 3.8) is 0 Å². The van der Waals surface area contributed by atoms with Gasteiger partial charge in [-0.15, -0.1) is 24.0 Å². The van der Waals surface area contributed by atoms with Crippen LogP contribution in [0.25, 0.3) is 0 Å². The predicted octanol–water partition coefficient (Wildman–Crippen LogP) is 3.02. The van der Waals surface area contributed by atoms with Crippen molar-refractivity contribution >= 4 is 29.9 Å². The quantitative estimate of drug-likeness (QED) is 0.218. The number of nitrogens with zero attached hydrogens (tertiary/aromatic N) is 4. The molecule has 0 saturated carbocycles. The molecule has 0 aromatic heterocycles. The van der Waals surface area contributed by atoms with Crippen LogP contribution in [0.1, 0.15) is 44.2 Å². The number of hydrogen-bond acceptors (Lipinski definition) is 4. The summed E-state index contributed by atoms with van der Waals surface area (Å²) >= 11 is 0. The fraction of sp³-hybridized carbons (Fsp3) is 0.708. The van der Waals surface area contributed by atoms with Crippen LogP contribution in [0.3, 0.4) is 0 Å². The van der Waals surface area contributed by atoms with Crippen molar-refractivity contribution in [3.8, 4) is 0 Å². The number of benzene rings is 1. The van der Waals surface area contributed by atoms with E-state index in [2.05, 4.69) is 69.6 Å². The van der Waals surface area contributed by atoms with E-state index in [1.807, 2.05) is 0 Å². The lowest BCUT2D eigenvalue weighted by Gasteiger charge is -2.27. The van der Waals surface area contributed by atoms with Crippen LogP contribution in [0, 0.1) is 0 Å². The molecule has 2 aliphatic heterocycles. The normalized spacial score (nSPS) is 20.1. The van der Waals surface area contributed by atoms with Crippen LogP contribution in [-0.4, -0.2) is 93.2 Å². The lowest BCUT2D eigenvalue weighted by Crippen LogP contribution is -2.40. The summed E-state index contributed by atoms with van der Waals surface area (Å²) in [6.45, 7) is 13.2. The molecule has 1 atom stereocenters. The summed E-state index contributed by atoms with van der Waals surface area (Å²) in [6.07, 6.45) is 5.04. The van der Waals surface area contributed by atoms with Crippen molar-refractivity contribution in [1.29, 1.82) is 0 Å². The van der Waals surface area contributed by atoms with Gasteiger partial charge in [-0.1, -0.05) is 30.3 Å². The first-order valence-corrected chi connectivity index (χ1v) is 12.0. The Bertz CT molecular complexity index is 620. The van der Waals surface area contributed by atoms with Gasteiger partial charge < -0.3 is 20.4 Å². The highest BCUT2D eigenvalue weighted by atomic mass is 127. The average molecular weight is 543 g/mol. The molecule has 3 rings (SSSR count). The Balaban J connectivity index is 0.00000341. The number of likely N-dealkylation sites (tertiary alicyclic amines) is 1. The van der Waals surface area contributed by atoms with E-state index in [0.29, 0.717) is 6.04 Å². The zero-order chi connectivity index (χ0) is 21.0. The van der Waals surface area contributed by atoms with Crippen molar-refractivity contribution < 1.29 is 0 Å². The second-order valence-electron chi connectivity index (χ2n) is 8.67. The smallest absolute Gasteiger partial charge is 0.191 e. The first kappa shape index (κ1) is 26.4. The minimum Gasteiger partial charge on any atom is -0.357 e. The summed E-state index contributed by atoms with van der Waals surface area (Å²) in [5.74, 6) is 0.952. The number of rotatable bonds is 9. The fourth-order valence-electron chi connectivity index (χ4n) is 4.51. The van der Waals surface area contributed by atoms with Gasteiger partial charge in [-0.3, -0.25) is 9.89 Å². The van der Waals surface area contributed by atoms with E-state index in [-0.39, 0.29) is 24.0 Å². The molecule has 0 aliphatic carbocycles. The number of guanidine groups is 1. The van der Waals surface area contributed by atoms with E-state index < -0.39 is 0 Å². The summed E-state index contributed by atoms with van der Waals surface area (Å²) in [7, 11) is 2.23. The van der Waals surface area contributed by atoms with Gasteiger partial charge in [0, 0.05) is 26.2 Å². The van der Waals surface area contributed by atoms with Crippen molar-refractivity contribution in [2.45, 2.75) is 38.6 Å². The lowest BCUT2D eigenvalue weighted by atomic mass is 10.1. The van der Waals surface area contributed by atoms with Crippen LogP contribution in [0.5, 0.6) is 0 Å². The van der Waals surface area contributed by atoms with Crippen molar-refractivity contribution in [3.05, 3.63) is 35.9 Å². The molecule has 176 valence electrons. The first-order chi connectivity index (χ1) is 14.8. The Hall–Kier alpha value is -0.900. The molecule has 1 unspecified atom stereocenters. The second kappa shape index (κ2) is 15.0. The standard InChI is InChI=1S/C24H42N6.HI/c1-3-25-24(26-13-9-15-29-16-10-14-28(2)19-20-29)27-21-23(30-17-7-8-18-30)22-11-5-4-6-12-22;/h4-6,11-12,23H,3,7-10,13-21H2,1-2H3,(H2,25,26,27);1H. The third-order valence-electron chi connectivity index (χ3n) is 6.29. The van der Waals surface area contributed by atoms with E-state index in [9.17, 15) is 0 Å². The van der Waals surface area contributed by atoms with E-state index in [1.165, 1.54) is 70.6 Å². The Kier molecular flexibility index (Phi) is 12.8. The van der Waals surface area contributed by atoms with Gasteiger partial charge in [-0.05, 0) is 77.9 Å². The third kappa shape index (κ3) is 9.24. The largest absolute Gasteiger partial charge is 0.357 e. The average Bonchev–Trinajstić information content (AvgIpc) is 3.21. The van der Waals surface area contributed by atoms with Gasteiger partial charge in [0.15, 0.2) is 5.96 Å². The van der Waals surface area contributed by atoms with Gasteiger partial charge in [0.2, 0.25) is 0 Å². The zero-order valence-corrected chi connectivity index (χ0v) is 21.9. The highest BCUT2D eigenvalue weighted by Crippen LogP contribution is 2.25. The van der Waals surface area contributed by atoms with Crippen molar-refractivity contribution in [1.82, 2.24) is 25.3 Å². The lowest BCUT2D eigenvalue weighted by molar-refractivity contribution is 0.251. The summed E-state index contributed by atoms with van der Waals surface area (Å²) in [6, 6.07) is 11.3. The minimum absolute atomic E-state index is 0. The summed E-state index contributed by atoms with van der Waals surface area (Å²) < 4.78 is 0. The van der Waals surface area contributed by atoms with Crippen molar-refractivity contribution in [2.24, 2.45) is 4.99 Å². The van der Waals surface area contributed by atoms with E-state index >= 15 is 0 Å². The van der Waals surface area contributed by atoms with Gasteiger partial charge in [-0.2, -0.15) is 0 Å². The molecule has 0 amide bonds. The van der Waals surface area contributed by atoms with Gasteiger partial charge in [0.05, 0.1) is 12.6 Å². The molecule has 1 aromatic carbocycles. The van der Waals surface area contributed by atoms with E-state index in [1.54, 1.807) is 0 Å². The van der Waals surface area contributed by atoms with E-state index in [4.69, 9.17) is 4.99 Å². The Morgan fingerprint density at radius 2 is 1.74 bits per heavy atom. The minimum atomic E-state index is 0. The molecule has 2 saturated heterocycles. The van der Waals surface area contributed by atoms with Crippen LogP contribution >= 0.6 is 24.0 Å². The monoisotopic (exact) mass is 542 g/mol. The molecular formula is C24H43IN6. The van der Waals surface area contributed by atoms with Crippen LogP contribution in [-0.2, 0) is 0 Å². The molecule has 2 N–H and O–H groups in total. The number of hydrogen-bond donors (Lipinski definition) is 2. The maximum atomic E-state index is 4.98. The Labute approximate surface area is 206 Å². The summed E-state index contributed by atoms with van der Waals surface area (Å²) in [5, 5.41) is 7.00. The molecule has 7 heteroatoms. The number of aliphatic imine (C=N–C) groups is 1. The van der Waals surface area contributed by atoms with Gasteiger partial charge in [0.25, 0.3) is 0 Å². The molecule has 2 fully saturated rings. The SMILES string of the molecule is CCNC(=NCC(c1ccccc1)N1CCCC1)NCCCN1CCCN(C)CC1.I. The van der Waals surface area contributed by atoms with Crippen LogP contribution < -0.4 is 10.6 Å². The van der Waals surface area contributed by atoms with Gasteiger partial charge in [0.1, 0.15) is 0 Å². The third-order valence-corrected chi connectivity index (χ3v) is 6.29. The van der Waals surface area contributed by atoms with Crippen molar-refractivity contribution in [2.75, 3.05) is 72.5 Å². The topological polar surface area (TPSA) is 46.1 Å². The fourth-order valence-corrected chi connectivity index (χ4v) is 4.51. The van der Waals surface area contributed by atoms with E-state index in [0.717, 1.165) is 32.0 Å². The molecule has 0 radical (unpaired) electrons. The first-order valence-electron chi connectivity index (χ1n) is 12.0. The summed E-state index contributed by atoms with van der Waals surface area (Å²) in [5.41, 5.74) is 1.38. The predicted molar refractivity (Wildman–Crippen MR) is 143 cm³/mol. The molecule has 2 heterocycles. The highest BCUT2D eigenvalue weighted by molar-refractivity contribution is 14.0. The molecule has 2 aliphatic rings. The number of nitrogens with one attached hydrogen (secondary N) is 2.